The fourth-order valence-electron chi connectivity index (χ4n) is 3.87. The van der Waals surface area contributed by atoms with Crippen LogP contribution in [0.25, 0.3) is 16.8 Å². The Morgan fingerprint density at radius 1 is 1.25 bits per heavy atom. The SMILES string of the molecule is CCC(CC)Nc1c2c(nc3c(-c4ccc(O)cc4Cl)c(C)nn13)CCC2=O. The number of aromatic nitrogens is 3. The van der Waals surface area contributed by atoms with E-state index in [4.69, 9.17) is 21.7 Å². The highest BCUT2D eigenvalue weighted by Gasteiger charge is 2.30. The van der Waals surface area contributed by atoms with Crippen LogP contribution in [0.2, 0.25) is 5.02 Å². The van der Waals surface area contributed by atoms with E-state index in [2.05, 4.69) is 19.2 Å². The molecule has 0 bridgehead atoms. The number of halogens is 1. The second-order valence-corrected chi connectivity index (χ2v) is 7.63. The molecule has 0 radical (unpaired) electrons. The zero-order valence-electron chi connectivity index (χ0n) is 16.2. The van der Waals surface area contributed by atoms with Crippen molar-refractivity contribution in [3.63, 3.8) is 0 Å². The lowest BCUT2D eigenvalue weighted by atomic mass is 10.1. The van der Waals surface area contributed by atoms with Crippen LogP contribution in [0.4, 0.5) is 5.82 Å². The predicted molar refractivity (Wildman–Crippen MR) is 110 cm³/mol. The summed E-state index contributed by atoms with van der Waals surface area (Å²) in [6.07, 6.45) is 3.00. The standard InChI is InChI=1S/C21H23ClN4O2/c1-4-12(5-2)23-21-19-16(8-9-17(19)28)24-20-18(11(3)25-26(20)21)14-7-6-13(27)10-15(14)22/h6-7,10,12,23,27H,4-5,8-9H2,1-3H3. The van der Waals surface area contributed by atoms with E-state index in [9.17, 15) is 9.90 Å². The van der Waals surface area contributed by atoms with Crippen LogP contribution in [0.5, 0.6) is 5.75 Å². The number of ketones is 1. The molecule has 1 aliphatic rings. The lowest BCUT2D eigenvalue weighted by molar-refractivity contribution is 0.0995. The van der Waals surface area contributed by atoms with E-state index in [1.54, 1.807) is 16.6 Å². The number of hydrogen-bond acceptors (Lipinski definition) is 5. The fraction of sp³-hybridized carbons (Fsp3) is 0.381. The summed E-state index contributed by atoms with van der Waals surface area (Å²) in [6.45, 7) is 6.15. The van der Waals surface area contributed by atoms with Crippen molar-refractivity contribution in [1.82, 2.24) is 14.6 Å². The number of benzene rings is 1. The molecular weight excluding hydrogens is 376 g/mol. The fourth-order valence-corrected chi connectivity index (χ4v) is 4.14. The van der Waals surface area contributed by atoms with Crippen LogP contribution in [0.15, 0.2) is 18.2 Å². The average molecular weight is 399 g/mol. The monoisotopic (exact) mass is 398 g/mol. The topological polar surface area (TPSA) is 79.5 Å². The van der Waals surface area contributed by atoms with E-state index in [0.29, 0.717) is 29.1 Å². The number of aryl methyl sites for hydroxylation is 2. The average Bonchev–Trinajstić information content (AvgIpc) is 3.19. The van der Waals surface area contributed by atoms with Crippen LogP contribution in [-0.2, 0) is 6.42 Å². The molecule has 0 spiro atoms. The van der Waals surface area contributed by atoms with Crippen molar-refractivity contribution in [2.75, 3.05) is 5.32 Å². The highest BCUT2D eigenvalue weighted by atomic mass is 35.5. The van der Waals surface area contributed by atoms with Crippen molar-refractivity contribution in [3.8, 4) is 16.9 Å². The van der Waals surface area contributed by atoms with Crippen LogP contribution < -0.4 is 5.32 Å². The van der Waals surface area contributed by atoms with Crippen molar-refractivity contribution < 1.29 is 9.90 Å². The number of carbonyl (C=O) groups is 1. The molecule has 0 saturated carbocycles. The third-order valence-electron chi connectivity index (χ3n) is 5.43. The molecule has 2 heterocycles. The Balaban J connectivity index is 2.00. The van der Waals surface area contributed by atoms with Gasteiger partial charge < -0.3 is 10.4 Å². The number of anilines is 1. The zero-order chi connectivity index (χ0) is 20.0. The Hall–Kier alpha value is -2.60. The quantitative estimate of drug-likeness (QED) is 0.645. The molecule has 3 aromatic rings. The molecule has 0 fully saturated rings. The van der Waals surface area contributed by atoms with E-state index in [1.807, 2.05) is 6.92 Å². The van der Waals surface area contributed by atoms with Crippen LogP contribution >= 0.6 is 11.6 Å². The van der Waals surface area contributed by atoms with Crippen molar-refractivity contribution in [2.24, 2.45) is 0 Å². The summed E-state index contributed by atoms with van der Waals surface area (Å²) in [5.41, 5.74) is 4.49. The summed E-state index contributed by atoms with van der Waals surface area (Å²) in [5, 5.41) is 18.4. The van der Waals surface area contributed by atoms with E-state index in [0.717, 1.165) is 41.2 Å². The Morgan fingerprint density at radius 2 is 2.00 bits per heavy atom. The second-order valence-electron chi connectivity index (χ2n) is 7.22. The van der Waals surface area contributed by atoms with Crippen molar-refractivity contribution in [3.05, 3.63) is 40.2 Å². The van der Waals surface area contributed by atoms with Gasteiger partial charge in [-0.3, -0.25) is 4.79 Å². The van der Waals surface area contributed by atoms with Gasteiger partial charge in [0.2, 0.25) is 0 Å². The predicted octanol–water partition coefficient (Wildman–Crippen LogP) is 4.79. The first-order valence-electron chi connectivity index (χ1n) is 9.65. The number of phenolic OH excluding ortho intramolecular Hbond substituents is 1. The number of fused-ring (bicyclic) bond motifs is 2. The minimum Gasteiger partial charge on any atom is -0.508 e. The van der Waals surface area contributed by atoms with E-state index in [-0.39, 0.29) is 17.6 Å². The summed E-state index contributed by atoms with van der Waals surface area (Å²) in [5.74, 6) is 0.939. The second kappa shape index (κ2) is 7.09. The zero-order valence-corrected chi connectivity index (χ0v) is 17.0. The van der Waals surface area contributed by atoms with Gasteiger partial charge in [0.15, 0.2) is 11.4 Å². The number of nitrogens with zero attached hydrogens (tertiary/aromatic N) is 3. The summed E-state index contributed by atoms with van der Waals surface area (Å²) in [6, 6.07) is 5.13. The van der Waals surface area contributed by atoms with E-state index < -0.39 is 0 Å². The minimum atomic E-state index is 0.107. The van der Waals surface area contributed by atoms with Crippen LogP contribution in [0.1, 0.15) is 54.9 Å². The number of Topliss-reactive ketones (excluding diaryl/α,β-unsaturated/α-hetero) is 1. The number of rotatable bonds is 5. The smallest absolute Gasteiger partial charge is 0.168 e. The maximum absolute atomic E-state index is 12.6. The maximum Gasteiger partial charge on any atom is 0.168 e. The van der Waals surface area contributed by atoms with Gasteiger partial charge in [0, 0.05) is 18.0 Å². The van der Waals surface area contributed by atoms with Gasteiger partial charge in [-0.15, -0.1) is 0 Å². The molecule has 146 valence electrons. The number of carbonyl (C=O) groups excluding carboxylic acids is 1. The number of aromatic hydroxyl groups is 1. The molecule has 2 aromatic heterocycles. The number of nitrogens with one attached hydrogen (secondary N) is 1. The van der Waals surface area contributed by atoms with Crippen LogP contribution in [0.3, 0.4) is 0 Å². The molecule has 28 heavy (non-hydrogen) atoms. The third kappa shape index (κ3) is 2.92. The van der Waals surface area contributed by atoms with E-state index >= 15 is 0 Å². The van der Waals surface area contributed by atoms with E-state index in [1.165, 1.54) is 6.07 Å². The molecule has 2 N–H and O–H groups in total. The van der Waals surface area contributed by atoms with Crippen molar-refractivity contribution in [2.45, 2.75) is 52.5 Å². The van der Waals surface area contributed by atoms with Crippen LogP contribution in [0, 0.1) is 6.92 Å². The summed E-state index contributed by atoms with van der Waals surface area (Å²) in [4.78, 5) is 17.4. The normalized spacial score (nSPS) is 13.5. The van der Waals surface area contributed by atoms with Gasteiger partial charge in [0.05, 0.1) is 27.5 Å². The van der Waals surface area contributed by atoms with Gasteiger partial charge in [-0.1, -0.05) is 25.4 Å². The molecule has 4 rings (SSSR count). The van der Waals surface area contributed by atoms with Gasteiger partial charge in [0.25, 0.3) is 0 Å². The molecule has 1 aliphatic carbocycles. The van der Waals surface area contributed by atoms with Crippen LogP contribution in [-0.4, -0.2) is 31.5 Å². The highest BCUT2D eigenvalue weighted by molar-refractivity contribution is 6.33. The molecule has 1 aromatic carbocycles. The Labute approximate surface area is 168 Å². The molecule has 6 nitrogen and oxygen atoms in total. The maximum atomic E-state index is 12.6. The minimum absolute atomic E-state index is 0.107. The Kier molecular flexibility index (Phi) is 4.75. The molecule has 0 amide bonds. The van der Waals surface area contributed by atoms with Gasteiger partial charge in [0.1, 0.15) is 11.6 Å². The lowest BCUT2D eigenvalue weighted by Crippen LogP contribution is -2.22. The van der Waals surface area contributed by atoms with Crippen molar-refractivity contribution in [1.29, 1.82) is 0 Å². The summed E-state index contributed by atoms with van der Waals surface area (Å²) >= 11 is 6.41. The number of phenols is 1. The molecule has 0 aliphatic heterocycles. The molecule has 0 saturated heterocycles. The largest absolute Gasteiger partial charge is 0.508 e. The first-order valence-corrected chi connectivity index (χ1v) is 10.0. The molecular formula is C21H23ClN4O2. The van der Waals surface area contributed by atoms with Gasteiger partial charge in [-0.05, 0) is 44.4 Å². The Morgan fingerprint density at radius 3 is 2.68 bits per heavy atom. The van der Waals surface area contributed by atoms with Gasteiger partial charge >= 0.3 is 0 Å². The first-order chi connectivity index (χ1) is 13.4. The summed E-state index contributed by atoms with van der Waals surface area (Å²) < 4.78 is 1.74. The third-order valence-corrected chi connectivity index (χ3v) is 5.74. The molecule has 0 unspecified atom stereocenters. The number of hydrogen-bond donors (Lipinski definition) is 2. The first kappa shape index (κ1) is 18.7. The lowest BCUT2D eigenvalue weighted by Gasteiger charge is -2.19. The van der Waals surface area contributed by atoms with Crippen molar-refractivity contribution >= 4 is 28.8 Å². The highest BCUT2D eigenvalue weighted by Crippen LogP contribution is 2.38. The Bertz CT molecular complexity index is 1090. The molecule has 0 atom stereocenters. The van der Waals surface area contributed by atoms with Gasteiger partial charge in [-0.2, -0.15) is 9.61 Å². The summed E-state index contributed by atoms with van der Waals surface area (Å²) in [7, 11) is 0. The molecule has 7 heteroatoms. The van der Waals surface area contributed by atoms with Gasteiger partial charge in [-0.25, -0.2) is 4.98 Å².